The number of hydrogen-bond donors (Lipinski definition) is 2. The van der Waals surface area contributed by atoms with Crippen LogP contribution in [0.1, 0.15) is 17.0 Å². The lowest BCUT2D eigenvalue weighted by Gasteiger charge is -2.13. The van der Waals surface area contributed by atoms with Crippen molar-refractivity contribution in [1.82, 2.24) is 9.97 Å². The fourth-order valence-electron chi connectivity index (χ4n) is 2.39. The zero-order valence-electron chi connectivity index (χ0n) is 9.93. The Labute approximate surface area is 104 Å². The second-order valence-corrected chi connectivity index (χ2v) is 4.17. The molecule has 2 N–H and O–H groups in total. The highest BCUT2D eigenvalue weighted by molar-refractivity contribution is 5.56. The third-order valence-electron chi connectivity index (χ3n) is 3.23. The maximum atomic E-state index is 11.9. The van der Waals surface area contributed by atoms with Gasteiger partial charge in [-0.05, 0) is 6.07 Å². The number of hydrogen-bond acceptors (Lipinski definition) is 4. The molecule has 0 spiro atoms. The molecule has 1 aromatic heterocycles. The number of nitrogens with one attached hydrogen (secondary N) is 2. The van der Waals surface area contributed by atoms with Gasteiger partial charge in [0.2, 0.25) is 0 Å². The van der Waals surface area contributed by atoms with Crippen LogP contribution in [0.25, 0.3) is 0 Å². The minimum Gasteiger partial charge on any atom is -0.496 e. The molecule has 1 aliphatic rings. The van der Waals surface area contributed by atoms with Crippen LogP contribution in [0, 0.1) is 0 Å². The number of fused-ring (bicyclic) bond motifs is 1. The van der Waals surface area contributed by atoms with Gasteiger partial charge in [-0.1, -0.05) is 18.2 Å². The maximum absolute atomic E-state index is 11.9. The second-order valence-electron chi connectivity index (χ2n) is 4.17. The molecule has 5 nitrogen and oxygen atoms in total. The van der Waals surface area contributed by atoms with Gasteiger partial charge in [0.05, 0.1) is 19.0 Å². The van der Waals surface area contributed by atoms with Gasteiger partial charge in [-0.15, -0.1) is 0 Å². The van der Waals surface area contributed by atoms with Crippen LogP contribution in [0.4, 0.5) is 5.82 Å². The Kier molecular flexibility index (Phi) is 2.51. The molecular weight excluding hydrogens is 230 g/mol. The highest BCUT2D eigenvalue weighted by Gasteiger charge is 2.29. The first-order valence-corrected chi connectivity index (χ1v) is 5.75. The average Bonchev–Trinajstić information content (AvgIpc) is 2.84. The minimum absolute atomic E-state index is 0.0198. The first kappa shape index (κ1) is 10.8. The number of para-hydroxylation sites is 1. The van der Waals surface area contributed by atoms with E-state index in [9.17, 15) is 4.79 Å². The molecule has 0 amide bonds. The van der Waals surface area contributed by atoms with Crippen molar-refractivity contribution >= 4 is 5.82 Å². The van der Waals surface area contributed by atoms with Crippen molar-refractivity contribution in [3.8, 4) is 5.75 Å². The molecular formula is C13H13N3O2. The summed E-state index contributed by atoms with van der Waals surface area (Å²) in [5.41, 5.74) is 1.59. The monoisotopic (exact) mass is 243 g/mol. The standard InChI is InChI=1S/C13H13N3O2/c1-18-10-5-3-2-4-8(10)9-6-14-12-11(9)13(17)16-7-15-12/h2-5,7,9H,6H2,1H3,(H2,14,15,16,17)/t9-/m1/s1. The first-order chi connectivity index (χ1) is 8.81. The number of rotatable bonds is 2. The summed E-state index contributed by atoms with van der Waals surface area (Å²) in [6.45, 7) is 0.663. The fourth-order valence-corrected chi connectivity index (χ4v) is 2.39. The van der Waals surface area contributed by atoms with E-state index in [0.29, 0.717) is 17.9 Å². The number of methoxy groups -OCH3 is 1. The van der Waals surface area contributed by atoms with Gasteiger partial charge in [0.15, 0.2) is 0 Å². The van der Waals surface area contributed by atoms with Gasteiger partial charge in [-0.2, -0.15) is 0 Å². The van der Waals surface area contributed by atoms with E-state index in [4.69, 9.17) is 4.74 Å². The summed E-state index contributed by atoms with van der Waals surface area (Å²) in [5, 5.41) is 3.15. The van der Waals surface area contributed by atoms with Crippen LogP contribution in [0.3, 0.4) is 0 Å². The lowest BCUT2D eigenvalue weighted by atomic mass is 9.94. The Morgan fingerprint density at radius 1 is 1.39 bits per heavy atom. The average molecular weight is 243 g/mol. The van der Waals surface area contributed by atoms with E-state index in [1.807, 2.05) is 24.3 Å². The highest BCUT2D eigenvalue weighted by atomic mass is 16.5. The zero-order valence-corrected chi connectivity index (χ0v) is 9.93. The molecule has 0 aliphatic carbocycles. The molecule has 0 radical (unpaired) electrons. The third kappa shape index (κ3) is 1.55. The SMILES string of the molecule is COc1ccccc1[C@H]1CNc2nc[nH]c(=O)c21. The fraction of sp³-hybridized carbons (Fsp3) is 0.231. The van der Waals surface area contributed by atoms with E-state index in [-0.39, 0.29) is 11.5 Å². The van der Waals surface area contributed by atoms with Gasteiger partial charge in [0.1, 0.15) is 11.6 Å². The van der Waals surface area contributed by atoms with Crippen LogP contribution in [-0.2, 0) is 0 Å². The summed E-state index contributed by atoms with van der Waals surface area (Å²) < 4.78 is 5.35. The summed E-state index contributed by atoms with van der Waals surface area (Å²) in [5.74, 6) is 1.43. The van der Waals surface area contributed by atoms with Crippen molar-refractivity contribution in [2.45, 2.75) is 5.92 Å². The molecule has 0 bridgehead atoms. The number of ether oxygens (including phenoxy) is 1. The molecule has 1 atom stereocenters. The molecule has 0 fully saturated rings. The molecule has 2 aromatic rings. The smallest absolute Gasteiger partial charge is 0.256 e. The van der Waals surface area contributed by atoms with E-state index in [1.165, 1.54) is 6.33 Å². The van der Waals surface area contributed by atoms with Crippen LogP contribution in [0.15, 0.2) is 35.4 Å². The number of benzene rings is 1. The van der Waals surface area contributed by atoms with Crippen LogP contribution in [0.5, 0.6) is 5.75 Å². The third-order valence-corrected chi connectivity index (χ3v) is 3.23. The zero-order chi connectivity index (χ0) is 12.5. The Morgan fingerprint density at radius 2 is 2.22 bits per heavy atom. The van der Waals surface area contributed by atoms with Gasteiger partial charge < -0.3 is 15.0 Å². The molecule has 0 saturated heterocycles. The molecule has 2 heterocycles. The lowest BCUT2D eigenvalue weighted by Crippen LogP contribution is -2.15. The predicted molar refractivity (Wildman–Crippen MR) is 68.2 cm³/mol. The van der Waals surface area contributed by atoms with Crippen LogP contribution < -0.4 is 15.6 Å². The van der Waals surface area contributed by atoms with Crippen LogP contribution in [0.2, 0.25) is 0 Å². The summed E-state index contributed by atoms with van der Waals surface area (Å²) in [6, 6.07) is 7.74. The first-order valence-electron chi connectivity index (χ1n) is 5.75. The normalized spacial score (nSPS) is 17.1. The number of H-pyrrole nitrogens is 1. The topological polar surface area (TPSA) is 67.0 Å². The predicted octanol–water partition coefficient (Wildman–Crippen LogP) is 1.34. The number of aromatic nitrogens is 2. The van der Waals surface area contributed by atoms with Gasteiger partial charge in [0.25, 0.3) is 5.56 Å². The van der Waals surface area contributed by atoms with Crippen LogP contribution in [-0.4, -0.2) is 23.6 Å². The minimum atomic E-state index is -0.0964. The van der Waals surface area contributed by atoms with E-state index < -0.39 is 0 Å². The number of anilines is 1. The Bertz CT molecular complexity index is 636. The summed E-state index contributed by atoms with van der Waals surface area (Å²) >= 11 is 0. The van der Waals surface area contributed by atoms with E-state index in [0.717, 1.165) is 11.3 Å². The van der Waals surface area contributed by atoms with Crippen molar-refractivity contribution in [2.75, 3.05) is 19.0 Å². The van der Waals surface area contributed by atoms with Crippen molar-refractivity contribution in [1.29, 1.82) is 0 Å². The summed E-state index contributed by atoms with van der Waals surface area (Å²) in [4.78, 5) is 18.7. The Balaban J connectivity index is 2.15. The molecule has 18 heavy (non-hydrogen) atoms. The molecule has 92 valence electrons. The molecule has 5 heteroatoms. The highest BCUT2D eigenvalue weighted by Crippen LogP contribution is 2.36. The van der Waals surface area contributed by atoms with Crippen molar-refractivity contribution in [2.24, 2.45) is 0 Å². The molecule has 0 unspecified atom stereocenters. The number of aromatic amines is 1. The quantitative estimate of drug-likeness (QED) is 0.835. The van der Waals surface area contributed by atoms with Gasteiger partial charge in [0, 0.05) is 18.0 Å². The largest absolute Gasteiger partial charge is 0.496 e. The van der Waals surface area contributed by atoms with Crippen molar-refractivity contribution < 1.29 is 4.74 Å². The summed E-state index contributed by atoms with van der Waals surface area (Å²) in [7, 11) is 1.63. The number of nitrogens with zero attached hydrogens (tertiary/aromatic N) is 1. The van der Waals surface area contributed by atoms with Crippen molar-refractivity contribution in [3.63, 3.8) is 0 Å². The Hall–Kier alpha value is -2.30. The van der Waals surface area contributed by atoms with E-state index in [1.54, 1.807) is 7.11 Å². The van der Waals surface area contributed by atoms with Gasteiger partial charge in [-0.25, -0.2) is 4.98 Å². The molecule has 1 aromatic carbocycles. The van der Waals surface area contributed by atoms with Gasteiger partial charge in [-0.3, -0.25) is 4.79 Å². The van der Waals surface area contributed by atoms with E-state index in [2.05, 4.69) is 15.3 Å². The van der Waals surface area contributed by atoms with Crippen LogP contribution >= 0.6 is 0 Å². The Morgan fingerprint density at radius 3 is 3.06 bits per heavy atom. The second kappa shape index (κ2) is 4.18. The van der Waals surface area contributed by atoms with E-state index >= 15 is 0 Å². The maximum Gasteiger partial charge on any atom is 0.256 e. The van der Waals surface area contributed by atoms with Crippen molar-refractivity contribution in [3.05, 3.63) is 52.1 Å². The van der Waals surface area contributed by atoms with Gasteiger partial charge >= 0.3 is 0 Å². The lowest BCUT2D eigenvalue weighted by molar-refractivity contribution is 0.408. The summed E-state index contributed by atoms with van der Waals surface area (Å²) in [6.07, 6.45) is 1.42. The molecule has 0 saturated carbocycles. The molecule has 1 aliphatic heterocycles. The molecule has 3 rings (SSSR count).